The number of hydrogen-bond acceptors (Lipinski definition) is 6. The molecule has 1 fully saturated rings. The van der Waals surface area contributed by atoms with Gasteiger partial charge in [0.15, 0.2) is 11.5 Å². The van der Waals surface area contributed by atoms with E-state index in [1.165, 1.54) is 11.1 Å². The number of nitrogens with zero attached hydrogens (tertiary/aromatic N) is 5. The molecular weight excluding hydrogens is 469 g/mol. The molecule has 9 heteroatoms. The summed E-state index contributed by atoms with van der Waals surface area (Å²) in [5.74, 6) is 0.945. The van der Waals surface area contributed by atoms with Gasteiger partial charge in [0.1, 0.15) is 12.1 Å². The Morgan fingerprint density at radius 1 is 1.16 bits per heavy atom. The number of anilines is 2. The van der Waals surface area contributed by atoms with Crippen LogP contribution in [0.1, 0.15) is 63.4 Å². The fourth-order valence-electron chi connectivity index (χ4n) is 5.41. The van der Waals surface area contributed by atoms with Gasteiger partial charge < -0.3 is 10.6 Å². The molecule has 4 heterocycles. The zero-order valence-corrected chi connectivity index (χ0v) is 21.7. The summed E-state index contributed by atoms with van der Waals surface area (Å²) < 4.78 is 17.2. The Morgan fingerprint density at radius 2 is 1.97 bits per heavy atom. The second kappa shape index (κ2) is 8.48. The number of rotatable bonds is 6. The second-order valence-electron chi connectivity index (χ2n) is 11.1. The summed E-state index contributed by atoms with van der Waals surface area (Å²) in [5, 5.41) is 7.30. The van der Waals surface area contributed by atoms with E-state index in [0.717, 1.165) is 37.2 Å². The van der Waals surface area contributed by atoms with E-state index in [1.54, 1.807) is 15.6 Å². The van der Waals surface area contributed by atoms with Crippen molar-refractivity contribution in [3.8, 4) is 5.82 Å². The average Bonchev–Trinajstić information content (AvgIpc) is 3.62. The molecule has 0 radical (unpaired) electrons. The molecule has 8 nitrogen and oxygen atoms in total. The van der Waals surface area contributed by atoms with Crippen molar-refractivity contribution in [2.75, 3.05) is 18.5 Å². The highest BCUT2D eigenvalue weighted by atomic mass is 19.1. The van der Waals surface area contributed by atoms with Crippen LogP contribution in [-0.2, 0) is 17.4 Å². The van der Waals surface area contributed by atoms with E-state index in [1.807, 2.05) is 38.1 Å². The predicted octanol–water partition coefficient (Wildman–Crippen LogP) is 4.68. The Morgan fingerprint density at radius 3 is 2.70 bits per heavy atom. The molecule has 4 aromatic rings. The molecule has 6 rings (SSSR count). The normalized spacial score (nSPS) is 17.7. The quantitative estimate of drug-likeness (QED) is 0.399. The standard InChI is InChI=1S/C28H32FN7O/c1-17(2)35-25(37)20-15-30-26(32-19-8-9-21-18(14-19)10-13-31-27(21,3)4)34-24(20)36(35)23-7-5-6-22(33-23)28(16-29)11-12-28/h5-9,14-15,17,31H,10-13,16H2,1-4H3,(H,30,32,34). The summed E-state index contributed by atoms with van der Waals surface area (Å²) in [4.78, 5) is 27.4. The monoisotopic (exact) mass is 501 g/mol. The van der Waals surface area contributed by atoms with Crippen LogP contribution in [0.2, 0.25) is 0 Å². The second-order valence-corrected chi connectivity index (χ2v) is 11.1. The maximum atomic E-state index is 13.8. The molecule has 0 atom stereocenters. The van der Waals surface area contributed by atoms with Crippen molar-refractivity contribution in [2.24, 2.45) is 0 Å². The third kappa shape index (κ3) is 3.92. The molecule has 0 saturated heterocycles. The van der Waals surface area contributed by atoms with Crippen molar-refractivity contribution in [2.45, 2.75) is 64.0 Å². The Bertz CT molecular complexity index is 1560. The van der Waals surface area contributed by atoms with E-state index in [9.17, 15) is 9.18 Å². The molecule has 0 unspecified atom stereocenters. The maximum Gasteiger partial charge on any atom is 0.278 e. The van der Waals surface area contributed by atoms with E-state index in [4.69, 9.17) is 9.97 Å². The van der Waals surface area contributed by atoms with Gasteiger partial charge >= 0.3 is 0 Å². The largest absolute Gasteiger partial charge is 0.324 e. The van der Waals surface area contributed by atoms with Gasteiger partial charge in [-0.25, -0.2) is 19.3 Å². The lowest BCUT2D eigenvalue weighted by molar-refractivity contribution is 0.382. The molecule has 0 bridgehead atoms. The van der Waals surface area contributed by atoms with Crippen molar-refractivity contribution in [1.82, 2.24) is 29.6 Å². The molecule has 2 N–H and O–H groups in total. The van der Waals surface area contributed by atoms with Crippen LogP contribution < -0.4 is 16.2 Å². The van der Waals surface area contributed by atoms with Crippen LogP contribution in [-0.4, -0.2) is 37.5 Å². The van der Waals surface area contributed by atoms with Crippen LogP contribution in [0.15, 0.2) is 47.4 Å². The maximum absolute atomic E-state index is 13.8. The highest BCUT2D eigenvalue weighted by Crippen LogP contribution is 2.47. The number of fused-ring (bicyclic) bond motifs is 2. The smallest absolute Gasteiger partial charge is 0.278 e. The Kier molecular flexibility index (Phi) is 5.45. The molecule has 1 aliphatic heterocycles. The van der Waals surface area contributed by atoms with E-state index in [2.05, 4.69) is 41.6 Å². The van der Waals surface area contributed by atoms with Gasteiger partial charge in [-0.3, -0.25) is 9.18 Å². The topological polar surface area (TPSA) is 89.7 Å². The molecule has 3 aromatic heterocycles. The molecule has 37 heavy (non-hydrogen) atoms. The van der Waals surface area contributed by atoms with Gasteiger partial charge in [0.2, 0.25) is 5.95 Å². The molecule has 0 spiro atoms. The third-order valence-electron chi connectivity index (χ3n) is 7.71. The highest BCUT2D eigenvalue weighted by Gasteiger charge is 2.46. The van der Waals surface area contributed by atoms with Crippen LogP contribution in [0, 0.1) is 0 Å². The van der Waals surface area contributed by atoms with Crippen LogP contribution >= 0.6 is 0 Å². The first-order chi connectivity index (χ1) is 17.7. The molecule has 1 aromatic carbocycles. The third-order valence-corrected chi connectivity index (χ3v) is 7.71. The van der Waals surface area contributed by atoms with E-state index in [-0.39, 0.29) is 17.1 Å². The lowest BCUT2D eigenvalue weighted by atomic mass is 9.85. The van der Waals surface area contributed by atoms with Crippen molar-refractivity contribution in [1.29, 1.82) is 0 Å². The molecule has 1 aliphatic carbocycles. The first-order valence-corrected chi connectivity index (χ1v) is 12.9. The number of hydrogen-bond donors (Lipinski definition) is 2. The summed E-state index contributed by atoms with van der Waals surface area (Å²) in [6.45, 7) is 8.76. The minimum Gasteiger partial charge on any atom is -0.324 e. The van der Waals surface area contributed by atoms with E-state index >= 15 is 0 Å². The number of nitrogens with one attached hydrogen (secondary N) is 2. The van der Waals surface area contributed by atoms with Crippen LogP contribution in [0.4, 0.5) is 16.0 Å². The minimum atomic E-state index is -0.500. The summed E-state index contributed by atoms with van der Waals surface area (Å²) in [6.07, 6.45) is 4.09. The number of benzene rings is 1. The van der Waals surface area contributed by atoms with Crippen molar-refractivity contribution >= 4 is 22.7 Å². The Hall–Kier alpha value is -3.59. The summed E-state index contributed by atoms with van der Waals surface area (Å²) >= 11 is 0. The van der Waals surface area contributed by atoms with Gasteiger partial charge in [-0.2, -0.15) is 4.98 Å². The number of halogens is 1. The fraction of sp³-hybridized carbons (Fsp3) is 0.429. The SMILES string of the molecule is CC(C)n1c(=O)c2cnc(Nc3ccc4c(c3)CCNC4(C)C)nc2n1-c1cccc(C2(CF)CC2)n1. The predicted molar refractivity (Wildman–Crippen MR) is 143 cm³/mol. The van der Waals surface area contributed by atoms with E-state index < -0.39 is 12.1 Å². The average molecular weight is 502 g/mol. The Balaban J connectivity index is 1.44. The zero-order chi connectivity index (χ0) is 25.9. The van der Waals surface area contributed by atoms with Crippen LogP contribution in [0.3, 0.4) is 0 Å². The Labute approximate surface area is 214 Å². The van der Waals surface area contributed by atoms with Gasteiger partial charge in [0, 0.05) is 28.9 Å². The number of aromatic nitrogens is 5. The first kappa shape index (κ1) is 23.8. The summed E-state index contributed by atoms with van der Waals surface area (Å²) in [5.41, 5.74) is 3.91. The van der Waals surface area contributed by atoms with Crippen molar-refractivity contribution < 1.29 is 4.39 Å². The van der Waals surface area contributed by atoms with Gasteiger partial charge in [0.25, 0.3) is 5.56 Å². The van der Waals surface area contributed by atoms with Crippen LogP contribution in [0.5, 0.6) is 0 Å². The molecule has 0 amide bonds. The number of alkyl halides is 1. The van der Waals surface area contributed by atoms with Gasteiger partial charge in [0.05, 0.1) is 5.69 Å². The first-order valence-electron chi connectivity index (χ1n) is 12.9. The van der Waals surface area contributed by atoms with E-state index in [0.29, 0.717) is 22.8 Å². The minimum absolute atomic E-state index is 0.0694. The van der Waals surface area contributed by atoms with Crippen LogP contribution in [0.25, 0.3) is 16.9 Å². The molecule has 2 aliphatic rings. The van der Waals surface area contributed by atoms with Crippen molar-refractivity contribution in [3.05, 3.63) is 69.8 Å². The summed E-state index contributed by atoms with van der Waals surface area (Å²) in [7, 11) is 0. The van der Waals surface area contributed by atoms with Gasteiger partial charge in [-0.1, -0.05) is 12.1 Å². The highest BCUT2D eigenvalue weighted by molar-refractivity contribution is 5.77. The number of pyridine rings is 1. The zero-order valence-electron chi connectivity index (χ0n) is 21.7. The van der Waals surface area contributed by atoms with Gasteiger partial charge in [-0.05, 0) is 88.9 Å². The molecular formula is C28H32FN7O. The molecule has 1 saturated carbocycles. The lowest BCUT2D eigenvalue weighted by Gasteiger charge is -2.34. The molecule has 192 valence electrons. The van der Waals surface area contributed by atoms with Gasteiger partial charge in [-0.15, -0.1) is 0 Å². The summed E-state index contributed by atoms with van der Waals surface area (Å²) in [6, 6.07) is 11.8. The lowest BCUT2D eigenvalue weighted by Crippen LogP contribution is -2.42. The van der Waals surface area contributed by atoms with Crippen molar-refractivity contribution in [3.63, 3.8) is 0 Å². The fourth-order valence-corrected chi connectivity index (χ4v) is 5.41.